The first-order chi connectivity index (χ1) is 7.90. The minimum absolute atomic E-state index is 0.346. The smallest absolute Gasteiger partial charge is 0.110 e. The first kappa shape index (κ1) is 11.7. The van der Waals surface area contributed by atoms with E-state index in [4.69, 9.17) is 4.74 Å². The molecule has 1 aromatic heterocycles. The fourth-order valence-corrected chi connectivity index (χ4v) is 2.83. The van der Waals surface area contributed by atoms with Gasteiger partial charge in [-0.3, -0.25) is 0 Å². The molecule has 2 nitrogen and oxygen atoms in total. The monoisotopic (exact) mass is 237 g/mol. The number of hydrogen-bond acceptors (Lipinski definition) is 3. The standard InChI is InChI=1S/C13H19NOS/c1-2-12(13-7-5-9-16-13)14-10-11-6-3-4-8-15-11/h4-5,7-9,11-12,14H,2-3,6,10H2,1H3. The Hall–Kier alpha value is -0.800. The van der Waals surface area contributed by atoms with Gasteiger partial charge in [0, 0.05) is 17.5 Å². The summed E-state index contributed by atoms with van der Waals surface area (Å²) in [4.78, 5) is 1.42. The van der Waals surface area contributed by atoms with Gasteiger partial charge in [0.05, 0.1) is 6.26 Å². The van der Waals surface area contributed by atoms with Crippen molar-refractivity contribution in [3.8, 4) is 0 Å². The summed E-state index contributed by atoms with van der Waals surface area (Å²) in [5, 5.41) is 5.73. The van der Waals surface area contributed by atoms with Crippen LogP contribution in [0.1, 0.15) is 37.1 Å². The molecule has 2 rings (SSSR count). The van der Waals surface area contributed by atoms with Crippen LogP contribution in [-0.2, 0) is 4.74 Å². The van der Waals surface area contributed by atoms with E-state index in [1.807, 2.05) is 17.6 Å². The molecule has 1 aliphatic heterocycles. The van der Waals surface area contributed by atoms with Gasteiger partial charge >= 0.3 is 0 Å². The highest BCUT2D eigenvalue weighted by molar-refractivity contribution is 7.10. The summed E-state index contributed by atoms with van der Waals surface area (Å²) in [5.74, 6) is 0. The Balaban J connectivity index is 1.81. The van der Waals surface area contributed by atoms with Crippen molar-refractivity contribution in [3.63, 3.8) is 0 Å². The Morgan fingerprint density at radius 1 is 1.62 bits per heavy atom. The number of thiophene rings is 1. The lowest BCUT2D eigenvalue weighted by Crippen LogP contribution is -2.31. The van der Waals surface area contributed by atoms with E-state index in [1.54, 1.807) is 0 Å². The summed E-state index contributed by atoms with van der Waals surface area (Å²) in [7, 11) is 0. The summed E-state index contributed by atoms with van der Waals surface area (Å²) in [6, 6.07) is 4.80. The molecule has 3 heteroatoms. The van der Waals surface area contributed by atoms with Crippen LogP contribution < -0.4 is 5.32 Å². The topological polar surface area (TPSA) is 21.3 Å². The van der Waals surface area contributed by atoms with Gasteiger partial charge in [-0.05, 0) is 36.8 Å². The van der Waals surface area contributed by atoms with E-state index >= 15 is 0 Å². The maximum atomic E-state index is 5.55. The number of hydrogen-bond donors (Lipinski definition) is 1. The predicted octanol–water partition coefficient (Wildman–Crippen LogP) is 3.48. The van der Waals surface area contributed by atoms with Gasteiger partial charge in [-0.1, -0.05) is 13.0 Å². The molecular formula is C13H19NOS. The van der Waals surface area contributed by atoms with Crippen LogP contribution in [-0.4, -0.2) is 12.6 Å². The van der Waals surface area contributed by atoms with Gasteiger partial charge in [-0.15, -0.1) is 11.3 Å². The first-order valence-electron chi connectivity index (χ1n) is 5.97. The Labute approximate surface area is 101 Å². The third-order valence-corrected chi connectivity index (χ3v) is 3.90. The molecule has 1 aromatic rings. The lowest BCUT2D eigenvalue weighted by atomic mass is 10.1. The highest BCUT2D eigenvalue weighted by Crippen LogP contribution is 2.22. The van der Waals surface area contributed by atoms with Crippen molar-refractivity contribution in [3.05, 3.63) is 34.7 Å². The van der Waals surface area contributed by atoms with Crippen molar-refractivity contribution in [2.75, 3.05) is 6.54 Å². The lowest BCUT2D eigenvalue weighted by Gasteiger charge is -2.23. The molecule has 1 aliphatic rings. The van der Waals surface area contributed by atoms with Crippen LogP contribution in [0.25, 0.3) is 0 Å². The maximum Gasteiger partial charge on any atom is 0.110 e. The van der Waals surface area contributed by atoms with E-state index < -0.39 is 0 Å². The van der Waals surface area contributed by atoms with Crippen LogP contribution in [0.5, 0.6) is 0 Å². The third kappa shape index (κ3) is 3.09. The zero-order valence-corrected chi connectivity index (χ0v) is 10.5. The molecule has 0 bridgehead atoms. The van der Waals surface area contributed by atoms with Crippen LogP contribution >= 0.6 is 11.3 Å². The minimum Gasteiger partial charge on any atom is -0.497 e. The molecule has 88 valence electrons. The van der Waals surface area contributed by atoms with Crippen LogP contribution in [0.15, 0.2) is 29.9 Å². The molecule has 0 aromatic carbocycles. The SMILES string of the molecule is CCC(NCC1CCC=CO1)c1cccs1. The van der Waals surface area contributed by atoms with Crippen LogP contribution in [0.3, 0.4) is 0 Å². The highest BCUT2D eigenvalue weighted by atomic mass is 32.1. The molecule has 0 radical (unpaired) electrons. The predicted molar refractivity (Wildman–Crippen MR) is 68.6 cm³/mol. The lowest BCUT2D eigenvalue weighted by molar-refractivity contribution is 0.119. The largest absolute Gasteiger partial charge is 0.497 e. The summed E-state index contributed by atoms with van der Waals surface area (Å²) in [6.07, 6.45) is 7.67. The van der Waals surface area contributed by atoms with Crippen molar-refractivity contribution < 1.29 is 4.74 Å². The van der Waals surface area contributed by atoms with Gasteiger partial charge in [0.15, 0.2) is 0 Å². The van der Waals surface area contributed by atoms with E-state index in [9.17, 15) is 0 Å². The zero-order valence-electron chi connectivity index (χ0n) is 9.69. The fraction of sp³-hybridized carbons (Fsp3) is 0.538. The minimum atomic E-state index is 0.346. The number of nitrogens with one attached hydrogen (secondary N) is 1. The highest BCUT2D eigenvalue weighted by Gasteiger charge is 2.14. The molecule has 0 fully saturated rings. The zero-order chi connectivity index (χ0) is 11.2. The molecule has 2 heterocycles. The Bertz CT molecular complexity index is 321. The van der Waals surface area contributed by atoms with Gasteiger partial charge in [0.25, 0.3) is 0 Å². The molecule has 2 atom stereocenters. The molecule has 0 spiro atoms. The average molecular weight is 237 g/mol. The second kappa shape index (κ2) is 6.06. The average Bonchev–Trinajstić information content (AvgIpc) is 2.85. The van der Waals surface area contributed by atoms with Gasteiger partial charge in [0.2, 0.25) is 0 Å². The van der Waals surface area contributed by atoms with Gasteiger partial charge in [-0.25, -0.2) is 0 Å². The molecule has 16 heavy (non-hydrogen) atoms. The molecule has 2 unspecified atom stereocenters. The van der Waals surface area contributed by atoms with Crippen LogP contribution in [0.4, 0.5) is 0 Å². The fourth-order valence-electron chi connectivity index (χ4n) is 1.94. The third-order valence-electron chi connectivity index (χ3n) is 2.91. The quantitative estimate of drug-likeness (QED) is 0.846. The van der Waals surface area contributed by atoms with Crippen molar-refractivity contribution in [2.45, 2.75) is 38.3 Å². The van der Waals surface area contributed by atoms with E-state index in [0.717, 1.165) is 25.8 Å². The maximum absolute atomic E-state index is 5.55. The van der Waals surface area contributed by atoms with E-state index in [1.165, 1.54) is 4.88 Å². The van der Waals surface area contributed by atoms with Gasteiger partial charge < -0.3 is 10.1 Å². The molecule has 0 amide bonds. The Morgan fingerprint density at radius 3 is 3.19 bits per heavy atom. The number of rotatable bonds is 5. The second-order valence-corrected chi connectivity index (χ2v) is 5.07. The summed E-state index contributed by atoms with van der Waals surface area (Å²) < 4.78 is 5.55. The van der Waals surface area contributed by atoms with Gasteiger partial charge in [-0.2, -0.15) is 0 Å². The molecule has 0 saturated heterocycles. The Kier molecular flexibility index (Phi) is 4.43. The first-order valence-corrected chi connectivity index (χ1v) is 6.85. The molecular weight excluding hydrogens is 218 g/mol. The summed E-state index contributed by atoms with van der Waals surface area (Å²) in [6.45, 7) is 3.17. The van der Waals surface area contributed by atoms with Crippen molar-refractivity contribution in [1.82, 2.24) is 5.32 Å². The molecule has 1 N–H and O–H groups in total. The Morgan fingerprint density at radius 2 is 2.56 bits per heavy atom. The van der Waals surface area contributed by atoms with E-state index in [2.05, 4.69) is 35.8 Å². The van der Waals surface area contributed by atoms with Crippen molar-refractivity contribution in [2.24, 2.45) is 0 Å². The summed E-state index contributed by atoms with van der Waals surface area (Å²) >= 11 is 1.82. The number of ether oxygens (including phenoxy) is 1. The van der Waals surface area contributed by atoms with Crippen LogP contribution in [0.2, 0.25) is 0 Å². The molecule has 0 aliphatic carbocycles. The van der Waals surface area contributed by atoms with Crippen molar-refractivity contribution in [1.29, 1.82) is 0 Å². The molecule has 0 saturated carbocycles. The summed E-state index contributed by atoms with van der Waals surface area (Å²) in [5.41, 5.74) is 0. The van der Waals surface area contributed by atoms with E-state index in [0.29, 0.717) is 12.1 Å². The van der Waals surface area contributed by atoms with Crippen LogP contribution in [0, 0.1) is 0 Å². The second-order valence-electron chi connectivity index (χ2n) is 4.09. The van der Waals surface area contributed by atoms with E-state index in [-0.39, 0.29) is 0 Å². The normalized spacial score (nSPS) is 21.7. The van der Waals surface area contributed by atoms with Gasteiger partial charge in [0.1, 0.15) is 6.10 Å². The number of allylic oxidation sites excluding steroid dienone is 1. The van der Waals surface area contributed by atoms with Crippen molar-refractivity contribution >= 4 is 11.3 Å².